The molecular weight excluding hydrogens is 420 g/mol. The Morgan fingerprint density at radius 2 is 2.00 bits per heavy atom. The number of ether oxygens (including phenoxy) is 2. The maximum absolute atomic E-state index is 12.5. The Bertz CT molecular complexity index is 1170. The SMILES string of the molecule is COc1cc(C)c(-c2ccc3ncc([C@@H]4CCCN(C(=O)OC(C)(C)C)C4)nc3n2)c(O)c1. The number of likely N-dealkylation sites (tertiary alicyclic amines) is 1. The first-order chi connectivity index (χ1) is 15.6. The molecule has 0 bridgehead atoms. The van der Waals surface area contributed by atoms with Crippen LogP contribution in [0, 0.1) is 6.92 Å². The normalized spacial score (nSPS) is 16.6. The maximum Gasteiger partial charge on any atom is 0.410 e. The number of aromatic hydroxyl groups is 1. The minimum Gasteiger partial charge on any atom is -0.507 e. The third-order valence-electron chi connectivity index (χ3n) is 5.70. The Morgan fingerprint density at radius 3 is 2.70 bits per heavy atom. The Balaban J connectivity index is 1.63. The molecule has 3 heterocycles. The maximum atomic E-state index is 12.5. The van der Waals surface area contributed by atoms with Gasteiger partial charge in [0.25, 0.3) is 0 Å². The highest BCUT2D eigenvalue weighted by Gasteiger charge is 2.29. The summed E-state index contributed by atoms with van der Waals surface area (Å²) in [5.74, 6) is 0.747. The number of benzene rings is 1. The van der Waals surface area contributed by atoms with Crippen LogP contribution in [-0.4, -0.2) is 56.9 Å². The summed E-state index contributed by atoms with van der Waals surface area (Å²) in [4.78, 5) is 28.3. The van der Waals surface area contributed by atoms with Crippen molar-refractivity contribution in [2.24, 2.45) is 0 Å². The number of hydrogen-bond acceptors (Lipinski definition) is 7. The molecule has 0 radical (unpaired) electrons. The fraction of sp³-hybridized carbons (Fsp3) is 0.440. The Hall–Kier alpha value is -3.42. The number of nitrogens with zero attached hydrogens (tertiary/aromatic N) is 4. The topological polar surface area (TPSA) is 97.7 Å². The standard InChI is InChI=1S/C25H30N4O4/c1-15-11-17(32-5)12-21(30)22(15)18-8-9-19-23(27-18)28-20(13-26-19)16-7-6-10-29(14-16)24(31)33-25(2,3)4/h8-9,11-13,16,30H,6-7,10,14H2,1-5H3/t16-/m1/s1. The highest BCUT2D eigenvalue weighted by molar-refractivity contribution is 5.78. The monoisotopic (exact) mass is 450 g/mol. The summed E-state index contributed by atoms with van der Waals surface area (Å²) in [7, 11) is 1.56. The summed E-state index contributed by atoms with van der Waals surface area (Å²) >= 11 is 0. The van der Waals surface area contributed by atoms with Gasteiger partial charge in [-0.25, -0.2) is 14.8 Å². The van der Waals surface area contributed by atoms with Gasteiger partial charge in [-0.15, -0.1) is 0 Å². The number of phenolic OH excluding ortho intramolecular Hbond substituents is 1. The Labute approximate surface area is 193 Å². The summed E-state index contributed by atoms with van der Waals surface area (Å²) in [5, 5.41) is 10.5. The van der Waals surface area contributed by atoms with E-state index >= 15 is 0 Å². The van der Waals surface area contributed by atoms with Gasteiger partial charge in [0.1, 0.15) is 22.6 Å². The smallest absolute Gasteiger partial charge is 0.410 e. The number of rotatable bonds is 3. The van der Waals surface area contributed by atoms with E-state index in [2.05, 4.69) is 4.98 Å². The van der Waals surface area contributed by atoms with Gasteiger partial charge in [-0.2, -0.15) is 0 Å². The van der Waals surface area contributed by atoms with Crippen LogP contribution in [-0.2, 0) is 4.74 Å². The van der Waals surface area contributed by atoms with Crippen molar-refractivity contribution in [2.75, 3.05) is 20.2 Å². The van der Waals surface area contributed by atoms with Crippen LogP contribution in [0.4, 0.5) is 4.79 Å². The number of methoxy groups -OCH3 is 1. The lowest BCUT2D eigenvalue weighted by molar-refractivity contribution is 0.0197. The quantitative estimate of drug-likeness (QED) is 0.610. The molecule has 8 heteroatoms. The van der Waals surface area contributed by atoms with Gasteiger partial charge in [0, 0.05) is 36.8 Å². The minimum atomic E-state index is -0.530. The average molecular weight is 451 g/mol. The van der Waals surface area contributed by atoms with Gasteiger partial charge < -0.3 is 19.5 Å². The zero-order valence-electron chi connectivity index (χ0n) is 19.8. The predicted molar refractivity (Wildman–Crippen MR) is 126 cm³/mol. The molecule has 33 heavy (non-hydrogen) atoms. The molecule has 1 fully saturated rings. The number of carbonyl (C=O) groups is 1. The number of pyridine rings is 1. The van der Waals surface area contributed by atoms with Crippen molar-refractivity contribution in [3.8, 4) is 22.8 Å². The summed E-state index contributed by atoms with van der Waals surface area (Å²) in [6, 6.07) is 7.11. The van der Waals surface area contributed by atoms with Crippen molar-refractivity contribution >= 4 is 17.3 Å². The molecule has 2 aromatic heterocycles. The van der Waals surface area contributed by atoms with E-state index in [1.54, 1.807) is 24.3 Å². The number of carbonyl (C=O) groups excluding carboxylic acids is 1. The first-order valence-electron chi connectivity index (χ1n) is 11.1. The molecular formula is C25H30N4O4. The third kappa shape index (κ3) is 4.99. The predicted octanol–water partition coefficient (Wildman–Crippen LogP) is 4.83. The third-order valence-corrected chi connectivity index (χ3v) is 5.70. The lowest BCUT2D eigenvalue weighted by Gasteiger charge is -2.33. The van der Waals surface area contributed by atoms with E-state index in [1.165, 1.54) is 0 Å². The lowest BCUT2D eigenvalue weighted by Crippen LogP contribution is -2.42. The van der Waals surface area contributed by atoms with Crippen molar-refractivity contribution in [2.45, 2.75) is 52.1 Å². The van der Waals surface area contributed by atoms with E-state index in [0.717, 1.165) is 24.1 Å². The largest absolute Gasteiger partial charge is 0.507 e. The fourth-order valence-corrected chi connectivity index (χ4v) is 4.14. The number of aromatic nitrogens is 3. The zero-order valence-corrected chi connectivity index (χ0v) is 19.8. The number of piperidine rings is 1. The van der Waals surface area contributed by atoms with Crippen LogP contribution < -0.4 is 4.74 Å². The highest BCUT2D eigenvalue weighted by Crippen LogP contribution is 2.35. The molecule has 1 saturated heterocycles. The van der Waals surface area contributed by atoms with Gasteiger partial charge in [-0.3, -0.25) is 4.98 Å². The molecule has 1 aliphatic heterocycles. The summed E-state index contributed by atoms with van der Waals surface area (Å²) in [6.07, 6.45) is 3.25. The van der Waals surface area contributed by atoms with Crippen LogP contribution >= 0.6 is 0 Å². The van der Waals surface area contributed by atoms with Gasteiger partial charge in [-0.05, 0) is 64.3 Å². The number of fused-ring (bicyclic) bond motifs is 1. The van der Waals surface area contributed by atoms with Gasteiger partial charge in [0.15, 0.2) is 5.65 Å². The number of hydrogen-bond donors (Lipinski definition) is 1. The second-order valence-electron chi connectivity index (χ2n) is 9.44. The van der Waals surface area contributed by atoms with Crippen molar-refractivity contribution < 1.29 is 19.4 Å². The van der Waals surface area contributed by atoms with Crippen molar-refractivity contribution in [1.29, 1.82) is 0 Å². The first-order valence-corrected chi connectivity index (χ1v) is 11.1. The summed E-state index contributed by atoms with van der Waals surface area (Å²) in [5.41, 5.74) is 3.56. The first kappa shape index (κ1) is 22.8. The Morgan fingerprint density at radius 1 is 1.21 bits per heavy atom. The minimum absolute atomic E-state index is 0.0600. The second-order valence-corrected chi connectivity index (χ2v) is 9.44. The molecule has 0 unspecified atom stereocenters. The zero-order chi connectivity index (χ0) is 23.8. The number of aryl methyl sites for hydroxylation is 1. The Kier molecular flexibility index (Phi) is 6.10. The van der Waals surface area contributed by atoms with E-state index in [9.17, 15) is 9.90 Å². The molecule has 8 nitrogen and oxygen atoms in total. The van der Waals surface area contributed by atoms with Crippen LogP contribution in [0.15, 0.2) is 30.5 Å². The van der Waals surface area contributed by atoms with Crippen LogP contribution in [0.1, 0.15) is 50.8 Å². The van der Waals surface area contributed by atoms with Crippen molar-refractivity contribution in [3.05, 3.63) is 41.7 Å². The molecule has 1 N–H and O–H groups in total. The van der Waals surface area contributed by atoms with E-state index in [4.69, 9.17) is 19.4 Å². The fourth-order valence-electron chi connectivity index (χ4n) is 4.14. The summed E-state index contributed by atoms with van der Waals surface area (Å²) < 4.78 is 10.8. The number of amides is 1. The molecule has 1 amide bonds. The van der Waals surface area contributed by atoms with Gasteiger partial charge >= 0.3 is 6.09 Å². The lowest BCUT2D eigenvalue weighted by atomic mass is 9.95. The van der Waals surface area contributed by atoms with Crippen LogP contribution in [0.3, 0.4) is 0 Å². The summed E-state index contributed by atoms with van der Waals surface area (Å²) in [6.45, 7) is 8.71. The molecule has 1 aromatic carbocycles. The molecule has 4 rings (SSSR count). The van der Waals surface area contributed by atoms with E-state index in [0.29, 0.717) is 41.3 Å². The van der Waals surface area contributed by atoms with Crippen LogP contribution in [0.2, 0.25) is 0 Å². The number of phenols is 1. The molecule has 0 spiro atoms. The highest BCUT2D eigenvalue weighted by atomic mass is 16.6. The van der Waals surface area contributed by atoms with Gasteiger partial charge in [0.05, 0.1) is 18.5 Å². The van der Waals surface area contributed by atoms with Crippen LogP contribution in [0.25, 0.3) is 22.4 Å². The second kappa shape index (κ2) is 8.84. The van der Waals surface area contributed by atoms with E-state index < -0.39 is 5.60 Å². The molecule has 174 valence electrons. The van der Waals surface area contributed by atoms with Crippen molar-refractivity contribution in [3.63, 3.8) is 0 Å². The molecule has 1 atom stereocenters. The van der Waals surface area contributed by atoms with Crippen molar-refractivity contribution in [1.82, 2.24) is 19.9 Å². The molecule has 0 saturated carbocycles. The van der Waals surface area contributed by atoms with E-state index in [-0.39, 0.29) is 17.8 Å². The van der Waals surface area contributed by atoms with E-state index in [1.807, 2.05) is 45.9 Å². The van der Waals surface area contributed by atoms with Crippen LogP contribution in [0.5, 0.6) is 11.5 Å². The molecule has 0 aliphatic carbocycles. The van der Waals surface area contributed by atoms with Gasteiger partial charge in [-0.1, -0.05) is 0 Å². The average Bonchev–Trinajstić information content (AvgIpc) is 2.77. The van der Waals surface area contributed by atoms with Gasteiger partial charge in [0.2, 0.25) is 0 Å². The molecule has 1 aliphatic rings. The molecule has 3 aromatic rings.